The summed E-state index contributed by atoms with van der Waals surface area (Å²) in [7, 11) is 1.48. The van der Waals surface area contributed by atoms with Crippen molar-refractivity contribution in [3.63, 3.8) is 0 Å². The molecule has 0 saturated heterocycles. The molecule has 0 bridgehead atoms. The Balaban J connectivity index is 2.82. The Bertz CT molecular complexity index is 430. The average Bonchev–Trinajstić information content (AvgIpc) is 2.45. The quantitative estimate of drug-likeness (QED) is 0.518. The molecule has 0 aliphatic rings. The molecule has 0 aromatic heterocycles. The van der Waals surface area contributed by atoms with Crippen molar-refractivity contribution in [1.29, 1.82) is 0 Å². The zero-order chi connectivity index (χ0) is 15.0. The van der Waals surface area contributed by atoms with Gasteiger partial charge in [0.25, 0.3) is 0 Å². The zero-order valence-electron chi connectivity index (χ0n) is 11.8. The van der Waals surface area contributed by atoms with Crippen molar-refractivity contribution in [3.8, 4) is 11.5 Å². The fourth-order valence-corrected chi connectivity index (χ4v) is 1.89. The zero-order valence-corrected chi connectivity index (χ0v) is 12.6. The van der Waals surface area contributed by atoms with Gasteiger partial charge < -0.3 is 18.9 Å². The summed E-state index contributed by atoms with van der Waals surface area (Å²) in [4.78, 5) is 10.8. The molecular formula is C14H19ClO5. The van der Waals surface area contributed by atoms with Gasteiger partial charge in [-0.2, -0.15) is 0 Å². The van der Waals surface area contributed by atoms with Crippen LogP contribution in [0.2, 0.25) is 5.02 Å². The van der Waals surface area contributed by atoms with Crippen LogP contribution in [0.25, 0.3) is 0 Å². The average molecular weight is 303 g/mol. The van der Waals surface area contributed by atoms with Crippen LogP contribution in [0.1, 0.15) is 24.2 Å². The highest BCUT2D eigenvalue weighted by atomic mass is 35.5. The Morgan fingerprint density at radius 1 is 1.25 bits per heavy atom. The highest BCUT2D eigenvalue weighted by molar-refractivity contribution is 6.32. The van der Waals surface area contributed by atoms with Crippen LogP contribution in [0.15, 0.2) is 12.1 Å². The Hall–Kier alpha value is -1.30. The molecule has 112 valence electrons. The number of ether oxygens (including phenoxy) is 4. The minimum atomic E-state index is -0.475. The Labute approximate surface area is 123 Å². The number of rotatable bonds is 9. The van der Waals surface area contributed by atoms with Gasteiger partial charge in [-0.1, -0.05) is 11.6 Å². The second-order valence-electron chi connectivity index (χ2n) is 3.80. The predicted octanol–water partition coefficient (Wildman–Crippen LogP) is 2.94. The number of carbonyl (C=O) groups is 1. The summed E-state index contributed by atoms with van der Waals surface area (Å²) >= 11 is 6.08. The molecule has 0 unspecified atom stereocenters. The SMILES string of the molecule is CCOC(COc1c(Cl)cc(C=O)cc1OC)OCC. The highest BCUT2D eigenvalue weighted by Gasteiger charge is 2.15. The number of aldehydes is 1. The molecular weight excluding hydrogens is 284 g/mol. The van der Waals surface area contributed by atoms with Crippen molar-refractivity contribution in [2.24, 2.45) is 0 Å². The number of carbonyl (C=O) groups excluding carboxylic acids is 1. The van der Waals surface area contributed by atoms with Gasteiger partial charge in [0.2, 0.25) is 0 Å². The second kappa shape index (κ2) is 8.79. The van der Waals surface area contributed by atoms with Gasteiger partial charge in [0.05, 0.1) is 12.1 Å². The first kappa shape index (κ1) is 16.8. The maximum atomic E-state index is 10.8. The van der Waals surface area contributed by atoms with E-state index < -0.39 is 6.29 Å². The molecule has 0 fully saturated rings. The van der Waals surface area contributed by atoms with E-state index in [1.165, 1.54) is 13.2 Å². The van der Waals surface area contributed by atoms with E-state index in [0.29, 0.717) is 41.6 Å². The lowest BCUT2D eigenvalue weighted by atomic mass is 10.2. The summed E-state index contributed by atoms with van der Waals surface area (Å²) in [5, 5.41) is 0.304. The first-order valence-corrected chi connectivity index (χ1v) is 6.72. The lowest BCUT2D eigenvalue weighted by Crippen LogP contribution is -2.25. The third-order valence-corrected chi connectivity index (χ3v) is 2.74. The van der Waals surface area contributed by atoms with Crippen LogP contribution in [0.4, 0.5) is 0 Å². The maximum absolute atomic E-state index is 10.8. The van der Waals surface area contributed by atoms with Gasteiger partial charge in [-0.15, -0.1) is 0 Å². The summed E-state index contributed by atoms with van der Waals surface area (Å²) in [5.74, 6) is 0.760. The molecule has 0 amide bonds. The normalized spacial score (nSPS) is 10.7. The van der Waals surface area contributed by atoms with Gasteiger partial charge in [-0.3, -0.25) is 4.79 Å². The molecule has 1 rings (SSSR count). The van der Waals surface area contributed by atoms with Gasteiger partial charge in [-0.05, 0) is 26.0 Å². The molecule has 6 heteroatoms. The molecule has 5 nitrogen and oxygen atoms in total. The fraction of sp³-hybridized carbons (Fsp3) is 0.500. The highest BCUT2D eigenvalue weighted by Crippen LogP contribution is 2.36. The predicted molar refractivity (Wildman–Crippen MR) is 75.9 cm³/mol. The molecule has 1 aromatic carbocycles. The van der Waals surface area contributed by atoms with Gasteiger partial charge in [0.15, 0.2) is 17.8 Å². The standard InChI is InChI=1S/C14H19ClO5/c1-4-18-13(19-5-2)9-20-14-11(15)6-10(8-16)7-12(14)17-3/h6-8,13H,4-5,9H2,1-3H3. The van der Waals surface area contributed by atoms with Crippen LogP contribution >= 0.6 is 11.6 Å². The molecule has 20 heavy (non-hydrogen) atoms. The number of methoxy groups -OCH3 is 1. The molecule has 0 atom stereocenters. The van der Waals surface area contributed by atoms with E-state index in [-0.39, 0.29) is 6.61 Å². The molecule has 0 heterocycles. The van der Waals surface area contributed by atoms with E-state index in [0.717, 1.165) is 0 Å². The molecule has 0 N–H and O–H groups in total. The molecule has 0 aliphatic heterocycles. The lowest BCUT2D eigenvalue weighted by molar-refractivity contribution is -0.152. The van der Waals surface area contributed by atoms with E-state index in [2.05, 4.69) is 0 Å². The fourth-order valence-electron chi connectivity index (χ4n) is 1.62. The van der Waals surface area contributed by atoms with Crippen molar-refractivity contribution >= 4 is 17.9 Å². The molecule has 0 radical (unpaired) electrons. The summed E-state index contributed by atoms with van der Waals surface area (Å²) in [5.41, 5.74) is 0.422. The summed E-state index contributed by atoms with van der Waals surface area (Å²) in [6, 6.07) is 3.08. The van der Waals surface area contributed by atoms with Crippen LogP contribution in [0, 0.1) is 0 Å². The van der Waals surface area contributed by atoms with Crippen molar-refractivity contribution in [2.45, 2.75) is 20.1 Å². The van der Waals surface area contributed by atoms with Crippen LogP contribution in [0.5, 0.6) is 11.5 Å². The van der Waals surface area contributed by atoms with E-state index in [1.807, 2.05) is 13.8 Å². The minimum absolute atomic E-state index is 0.179. The molecule has 0 aliphatic carbocycles. The number of hydrogen-bond donors (Lipinski definition) is 0. The second-order valence-corrected chi connectivity index (χ2v) is 4.21. The van der Waals surface area contributed by atoms with Crippen molar-refractivity contribution in [1.82, 2.24) is 0 Å². The first-order chi connectivity index (χ1) is 9.65. The Morgan fingerprint density at radius 3 is 2.40 bits per heavy atom. The van der Waals surface area contributed by atoms with Gasteiger partial charge in [0.1, 0.15) is 12.9 Å². The maximum Gasteiger partial charge on any atom is 0.191 e. The summed E-state index contributed by atoms with van der Waals surface area (Å²) in [6.45, 7) is 4.96. The molecule has 0 saturated carbocycles. The lowest BCUT2D eigenvalue weighted by Gasteiger charge is -2.19. The van der Waals surface area contributed by atoms with Gasteiger partial charge in [-0.25, -0.2) is 0 Å². The number of halogens is 1. The van der Waals surface area contributed by atoms with E-state index in [1.54, 1.807) is 6.07 Å². The van der Waals surface area contributed by atoms with E-state index in [9.17, 15) is 4.79 Å². The largest absolute Gasteiger partial charge is 0.493 e. The number of benzene rings is 1. The van der Waals surface area contributed by atoms with Crippen LogP contribution in [-0.2, 0) is 9.47 Å². The van der Waals surface area contributed by atoms with E-state index in [4.69, 9.17) is 30.5 Å². The van der Waals surface area contributed by atoms with E-state index >= 15 is 0 Å². The Morgan fingerprint density at radius 2 is 1.90 bits per heavy atom. The van der Waals surface area contributed by atoms with Gasteiger partial charge in [0, 0.05) is 18.8 Å². The molecule has 1 aromatic rings. The number of hydrogen-bond acceptors (Lipinski definition) is 5. The monoisotopic (exact) mass is 302 g/mol. The third-order valence-electron chi connectivity index (χ3n) is 2.46. The van der Waals surface area contributed by atoms with Crippen LogP contribution in [0.3, 0.4) is 0 Å². The minimum Gasteiger partial charge on any atom is -0.493 e. The van der Waals surface area contributed by atoms with Gasteiger partial charge >= 0.3 is 0 Å². The Kier molecular flexibility index (Phi) is 7.36. The molecule has 0 spiro atoms. The summed E-state index contributed by atoms with van der Waals surface area (Å²) < 4.78 is 21.5. The summed E-state index contributed by atoms with van der Waals surface area (Å²) in [6.07, 6.45) is 0.220. The topological polar surface area (TPSA) is 54.0 Å². The third kappa shape index (κ3) is 4.67. The van der Waals surface area contributed by atoms with Crippen molar-refractivity contribution in [3.05, 3.63) is 22.7 Å². The van der Waals surface area contributed by atoms with Crippen molar-refractivity contribution < 1.29 is 23.7 Å². The van der Waals surface area contributed by atoms with Crippen molar-refractivity contribution in [2.75, 3.05) is 26.9 Å². The van der Waals surface area contributed by atoms with Crippen LogP contribution in [-0.4, -0.2) is 39.5 Å². The van der Waals surface area contributed by atoms with Crippen LogP contribution < -0.4 is 9.47 Å². The first-order valence-electron chi connectivity index (χ1n) is 6.34. The smallest absolute Gasteiger partial charge is 0.191 e.